The van der Waals surface area contributed by atoms with E-state index in [1.807, 2.05) is 0 Å². The maximum atomic E-state index is 11.9. The average Bonchev–Trinajstić information content (AvgIpc) is 2.86. The van der Waals surface area contributed by atoms with Crippen LogP contribution in [0.4, 0.5) is 4.79 Å². The zero-order valence-corrected chi connectivity index (χ0v) is 12.4. The van der Waals surface area contributed by atoms with Crippen LogP contribution in [0, 0.1) is 11.8 Å². The molecule has 1 rings (SSSR count). The number of likely N-dealkylation sites (tertiary alicyclic amines) is 1. The third-order valence-corrected chi connectivity index (χ3v) is 3.90. The highest BCUT2D eigenvalue weighted by Gasteiger charge is 2.29. The van der Waals surface area contributed by atoms with Gasteiger partial charge in [-0.2, -0.15) is 0 Å². The summed E-state index contributed by atoms with van der Waals surface area (Å²) >= 11 is 0. The second-order valence-corrected chi connectivity index (χ2v) is 5.55. The van der Waals surface area contributed by atoms with E-state index in [4.69, 9.17) is 5.11 Å². The van der Waals surface area contributed by atoms with Gasteiger partial charge in [-0.05, 0) is 32.1 Å². The number of carbonyl (C=O) groups is 3. The first-order valence-corrected chi connectivity index (χ1v) is 6.75. The van der Waals surface area contributed by atoms with E-state index in [2.05, 4.69) is 19.2 Å². The molecule has 1 aliphatic rings. The fourth-order valence-corrected chi connectivity index (χ4v) is 2.12. The molecule has 1 saturated heterocycles. The van der Waals surface area contributed by atoms with Crippen LogP contribution in [-0.2, 0) is 9.59 Å². The molecule has 0 aromatic carbocycles. The van der Waals surface area contributed by atoms with Crippen LogP contribution in [0.1, 0.15) is 34.1 Å². The highest BCUT2D eigenvalue weighted by molar-refractivity contribution is 6.07. The third-order valence-electron chi connectivity index (χ3n) is 3.90. The van der Waals surface area contributed by atoms with Gasteiger partial charge < -0.3 is 10.0 Å². The molecule has 1 fully saturated rings. The molecular formula is C14H22N2O4. The van der Waals surface area contributed by atoms with Gasteiger partial charge in [0.1, 0.15) is 0 Å². The summed E-state index contributed by atoms with van der Waals surface area (Å²) in [6.07, 6.45) is 0.933. The second kappa shape index (κ2) is 6.54. The molecular weight excluding hydrogens is 260 g/mol. The van der Waals surface area contributed by atoms with Crippen molar-refractivity contribution in [2.75, 3.05) is 13.1 Å². The van der Waals surface area contributed by atoms with Crippen LogP contribution in [0.5, 0.6) is 0 Å². The molecule has 1 aliphatic heterocycles. The summed E-state index contributed by atoms with van der Waals surface area (Å²) < 4.78 is 0. The summed E-state index contributed by atoms with van der Waals surface area (Å²) in [7, 11) is 0. The van der Waals surface area contributed by atoms with E-state index in [1.165, 1.54) is 13.8 Å². The van der Waals surface area contributed by atoms with Crippen LogP contribution in [0.15, 0.2) is 11.1 Å². The SMILES string of the molecule is CC(C(=O)O)=C(C)C(=O)NC(=O)N1CCC(C(C)C)C1. The summed E-state index contributed by atoms with van der Waals surface area (Å²) in [6, 6.07) is -0.448. The predicted molar refractivity (Wildman–Crippen MR) is 74.1 cm³/mol. The maximum Gasteiger partial charge on any atom is 0.331 e. The second-order valence-electron chi connectivity index (χ2n) is 5.55. The minimum Gasteiger partial charge on any atom is -0.478 e. The fraction of sp³-hybridized carbons (Fsp3) is 0.643. The molecule has 0 radical (unpaired) electrons. The molecule has 6 nitrogen and oxygen atoms in total. The smallest absolute Gasteiger partial charge is 0.331 e. The van der Waals surface area contributed by atoms with Crippen molar-refractivity contribution in [1.29, 1.82) is 0 Å². The van der Waals surface area contributed by atoms with Crippen molar-refractivity contribution >= 4 is 17.9 Å². The van der Waals surface area contributed by atoms with Gasteiger partial charge in [-0.3, -0.25) is 10.1 Å². The van der Waals surface area contributed by atoms with Crippen molar-refractivity contribution in [3.8, 4) is 0 Å². The Bertz CT molecular complexity index is 454. The normalized spacial score (nSPS) is 19.9. The summed E-state index contributed by atoms with van der Waals surface area (Å²) in [5.41, 5.74) is -0.0118. The number of imide groups is 1. The summed E-state index contributed by atoms with van der Waals surface area (Å²) in [4.78, 5) is 36.1. The zero-order valence-electron chi connectivity index (χ0n) is 12.4. The van der Waals surface area contributed by atoms with Gasteiger partial charge in [0.05, 0.1) is 0 Å². The Morgan fingerprint density at radius 1 is 1.20 bits per heavy atom. The van der Waals surface area contributed by atoms with E-state index >= 15 is 0 Å². The monoisotopic (exact) mass is 282 g/mol. The largest absolute Gasteiger partial charge is 0.478 e. The quantitative estimate of drug-likeness (QED) is 0.770. The molecule has 1 unspecified atom stereocenters. The number of aliphatic carboxylic acids is 1. The van der Waals surface area contributed by atoms with Gasteiger partial charge in [0, 0.05) is 24.2 Å². The molecule has 6 heteroatoms. The molecule has 0 spiro atoms. The van der Waals surface area contributed by atoms with Crippen molar-refractivity contribution in [3.05, 3.63) is 11.1 Å². The van der Waals surface area contributed by atoms with Gasteiger partial charge >= 0.3 is 12.0 Å². The number of hydrogen-bond acceptors (Lipinski definition) is 3. The van der Waals surface area contributed by atoms with Crippen LogP contribution in [0.25, 0.3) is 0 Å². The van der Waals surface area contributed by atoms with Gasteiger partial charge in [-0.15, -0.1) is 0 Å². The van der Waals surface area contributed by atoms with E-state index in [9.17, 15) is 14.4 Å². The zero-order chi connectivity index (χ0) is 15.4. The van der Waals surface area contributed by atoms with E-state index in [0.29, 0.717) is 24.9 Å². The van der Waals surface area contributed by atoms with Crippen molar-refractivity contribution < 1.29 is 19.5 Å². The van der Waals surface area contributed by atoms with Gasteiger partial charge in [0.25, 0.3) is 5.91 Å². The standard InChI is InChI=1S/C14H22N2O4/c1-8(2)11-5-6-16(7-11)14(20)15-12(17)9(3)10(4)13(18)19/h8,11H,5-7H2,1-4H3,(H,18,19)(H,15,17,20). The third kappa shape index (κ3) is 3.82. The Labute approximate surface area is 118 Å². The molecule has 112 valence electrons. The highest BCUT2D eigenvalue weighted by Crippen LogP contribution is 2.23. The maximum absolute atomic E-state index is 11.9. The first kappa shape index (κ1) is 16.2. The van der Waals surface area contributed by atoms with E-state index < -0.39 is 17.9 Å². The van der Waals surface area contributed by atoms with Crippen molar-refractivity contribution in [2.45, 2.75) is 34.1 Å². The number of urea groups is 1. The number of amides is 3. The first-order chi connectivity index (χ1) is 9.23. The number of hydrogen-bond donors (Lipinski definition) is 2. The van der Waals surface area contributed by atoms with Gasteiger partial charge in [-0.25, -0.2) is 9.59 Å². The Morgan fingerprint density at radius 2 is 1.80 bits per heavy atom. The van der Waals surface area contributed by atoms with Gasteiger partial charge in [0.15, 0.2) is 0 Å². The molecule has 0 aromatic heterocycles. The topological polar surface area (TPSA) is 86.7 Å². The number of nitrogens with zero attached hydrogens (tertiary/aromatic N) is 1. The molecule has 0 aliphatic carbocycles. The predicted octanol–water partition coefficient (Wildman–Crippen LogP) is 1.62. The molecule has 0 saturated carbocycles. The Morgan fingerprint density at radius 3 is 2.25 bits per heavy atom. The van der Waals surface area contributed by atoms with E-state index in [-0.39, 0.29) is 11.1 Å². The number of rotatable bonds is 3. The first-order valence-electron chi connectivity index (χ1n) is 6.75. The Hall–Kier alpha value is -1.85. The van der Waals surface area contributed by atoms with Crippen molar-refractivity contribution in [3.63, 3.8) is 0 Å². The number of carbonyl (C=O) groups excluding carboxylic acids is 2. The summed E-state index contributed by atoms with van der Waals surface area (Å²) in [5, 5.41) is 11.1. The number of carboxylic acid groups (broad SMARTS) is 1. The molecule has 3 amide bonds. The Balaban J connectivity index is 2.62. The van der Waals surface area contributed by atoms with Crippen molar-refractivity contribution in [2.24, 2.45) is 11.8 Å². The molecule has 1 atom stereocenters. The molecule has 2 N–H and O–H groups in total. The highest BCUT2D eigenvalue weighted by atomic mass is 16.4. The summed E-state index contributed by atoms with van der Waals surface area (Å²) in [6.45, 7) is 8.22. The van der Waals surface area contributed by atoms with Crippen LogP contribution < -0.4 is 5.32 Å². The van der Waals surface area contributed by atoms with Crippen LogP contribution in [-0.4, -0.2) is 41.0 Å². The van der Waals surface area contributed by atoms with Crippen LogP contribution >= 0.6 is 0 Å². The van der Waals surface area contributed by atoms with Gasteiger partial charge in [0.2, 0.25) is 0 Å². The fourth-order valence-electron chi connectivity index (χ4n) is 2.12. The summed E-state index contributed by atoms with van der Waals surface area (Å²) in [5.74, 6) is -0.860. The Kier molecular flexibility index (Phi) is 5.30. The molecule has 20 heavy (non-hydrogen) atoms. The minimum absolute atomic E-state index is 0.0467. The van der Waals surface area contributed by atoms with E-state index in [0.717, 1.165) is 6.42 Å². The van der Waals surface area contributed by atoms with Crippen LogP contribution in [0.2, 0.25) is 0 Å². The van der Waals surface area contributed by atoms with E-state index in [1.54, 1.807) is 4.90 Å². The lowest BCUT2D eigenvalue weighted by Gasteiger charge is -2.18. The molecule has 0 bridgehead atoms. The lowest BCUT2D eigenvalue weighted by molar-refractivity contribution is -0.133. The number of nitrogens with one attached hydrogen (secondary N) is 1. The average molecular weight is 282 g/mol. The van der Waals surface area contributed by atoms with Crippen molar-refractivity contribution in [1.82, 2.24) is 10.2 Å². The molecule has 0 aromatic rings. The van der Waals surface area contributed by atoms with Crippen LogP contribution in [0.3, 0.4) is 0 Å². The van der Waals surface area contributed by atoms with Gasteiger partial charge in [-0.1, -0.05) is 13.8 Å². The lowest BCUT2D eigenvalue weighted by atomic mass is 9.95. The lowest BCUT2D eigenvalue weighted by Crippen LogP contribution is -2.42. The molecule has 1 heterocycles. The number of carboxylic acids is 1. The minimum atomic E-state index is -1.16.